The average Bonchev–Trinajstić information content (AvgIpc) is 2.87. The van der Waals surface area contributed by atoms with Crippen LogP contribution in [0.5, 0.6) is 5.75 Å². The molecule has 0 unspecified atom stereocenters. The highest BCUT2D eigenvalue weighted by Crippen LogP contribution is 2.39. The molecule has 1 N–H and O–H groups in total. The fraction of sp³-hybridized carbons (Fsp3) is 0.429. The van der Waals surface area contributed by atoms with Gasteiger partial charge in [0.25, 0.3) is 0 Å². The van der Waals surface area contributed by atoms with Gasteiger partial charge in [-0.15, -0.1) is 15.0 Å². The molecule has 140 valence electrons. The fourth-order valence-electron chi connectivity index (χ4n) is 2.77. The third-order valence-electron chi connectivity index (χ3n) is 4.32. The molecule has 0 aliphatic rings. The summed E-state index contributed by atoms with van der Waals surface area (Å²) < 4.78 is 0. The Balaban J connectivity index is 0.00000243. The van der Waals surface area contributed by atoms with Crippen LogP contribution in [-0.4, -0.2) is 20.1 Å². The van der Waals surface area contributed by atoms with Crippen LogP contribution in [0.4, 0.5) is 0 Å². The monoisotopic (exact) mass is 373 g/mol. The Morgan fingerprint density at radius 2 is 1.50 bits per heavy atom. The molecule has 0 saturated carbocycles. The van der Waals surface area contributed by atoms with Crippen LogP contribution in [0.3, 0.4) is 0 Å². The van der Waals surface area contributed by atoms with Gasteiger partial charge < -0.3 is 5.11 Å². The van der Waals surface area contributed by atoms with Crippen LogP contribution in [0.25, 0.3) is 16.7 Å². The van der Waals surface area contributed by atoms with E-state index in [2.05, 4.69) is 57.8 Å². The maximum atomic E-state index is 10.9. The van der Waals surface area contributed by atoms with Crippen LogP contribution in [0.2, 0.25) is 5.02 Å². The van der Waals surface area contributed by atoms with Gasteiger partial charge in [-0.1, -0.05) is 66.6 Å². The molecule has 0 atom stereocenters. The van der Waals surface area contributed by atoms with E-state index in [0.29, 0.717) is 16.2 Å². The number of phenols is 1. The van der Waals surface area contributed by atoms with Gasteiger partial charge in [-0.05, 0) is 40.7 Å². The maximum Gasteiger partial charge on any atom is 0.146 e. The summed E-state index contributed by atoms with van der Waals surface area (Å²) in [5, 5.41) is 20.6. The van der Waals surface area contributed by atoms with Crippen molar-refractivity contribution in [3.05, 3.63) is 46.5 Å². The lowest BCUT2D eigenvalue weighted by Crippen LogP contribution is -2.18. The lowest BCUT2D eigenvalue weighted by molar-refractivity contribution is 0.438. The Labute approximate surface area is 160 Å². The lowest BCUT2D eigenvalue weighted by atomic mass is 9.80. The van der Waals surface area contributed by atoms with E-state index in [0.717, 1.165) is 16.6 Å². The molecular weight excluding hydrogens is 346 g/mol. The number of halogens is 1. The molecule has 1 aromatic heterocycles. The Morgan fingerprint density at radius 3 is 2.08 bits per heavy atom. The van der Waals surface area contributed by atoms with Gasteiger partial charge in [0.2, 0.25) is 0 Å². The van der Waals surface area contributed by atoms with E-state index in [1.165, 1.54) is 4.80 Å². The van der Waals surface area contributed by atoms with Crippen LogP contribution < -0.4 is 0 Å². The number of nitrogens with zero attached hydrogens (tertiary/aromatic N) is 3. The molecule has 0 bridgehead atoms. The van der Waals surface area contributed by atoms with Crippen molar-refractivity contribution >= 4 is 22.6 Å². The van der Waals surface area contributed by atoms with Gasteiger partial charge in [0.05, 0.1) is 0 Å². The highest BCUT2D eigenvalue weighted by atomic mass is 35.5. The summed E-state index contributed by atoms with van der Waals surface area (Å²) in [4.78, 5) is 1.50. The first kappa shape index (κ1) is 20.2. The van der Waals surface area contributed by atoms with Crippen molar-refractivity contribution in [3.8, 4) is 11.4 Å². The molecule has 0 aliphatic carbocycles. The topological polar surface area (TPSA) is 50.9 Å². The molecular formula is C21H28ClN3O. The van der Waals surface area contributed by atoms with Crippen molar-refractivity contribution in [2.24, 2.45) is 0 Å². The maximum absolute atomic E-state index is 10.9. The second-order valence-electron chi connectivity index (χ2n) is 8.51. The van der Waals surface area contributed by atoms with Crippen molar-refractivity contribution < 1.29 is 5.11 Å². The molecule has 4 nitrogen and oxygen atoms in total. The highest BCUT2D eigenvalue weighted by molar-refractivity contribution is 6.31. The molecule has 3 aromatic rings. The van der Waals surface area contributed by atoms with Crippen LogP contribution in [0, 0.1) is 0 Å². The molecule has 0 saturated heterocycles. The van der Waals surface area contributed by atoms with Crippen molar-refractivity contribution in [3.63, 3.8) is 0 Å². The van der Waals surface area contributed by atoms with Crippen molar-refractivity contribution in [2.45, 2.75) is 59.8 Å². The lowest BCUT2D eigenvalue weighted by Gasteiger charge is -2.27. The number of phenolic OH excluding ortho intramolecular Hbond substituents is 1. The van der Waals surface area contributed by atoms with Crippen LogP contribution >= 0.6 is 11.6 Å². The minimum Gasteiger partial charge on any atom is -0.505 e. The van der Waals surface area contributed by atoms with Gasteiger partial charge in [-0.25, -0.2) is 0 Å². The zero-order valence-corrected chi connectivity index (χ0v) is 16.3. The number of rotatable bonds is 1. The fourth-order valence-corrected chi connectivity index (χ4v) is 2.94. The standard InChI is InChI=1S/C20H24ClN3O.CH4/c1-19(2,3)12-9-14(20(4,5)6)18(25)17(10-12)24-22-15-8-7-13(21)11-16(15)23-24;/h7-11,25H,1-6H3;1H4. The largest absolute Gasteiger partial charge is 0.505 e. The number of hydrogen-bond acceptors (Lipinski definition) is 3. The average molecular weight is 374 g/mol. The Bertz CT molecular complexity index is 946. The van der Waals surface area contributed by atoms with Gasteiger partial charge >= 0.3 is 0 Å². The van der Waals surface area contributed by atoms with E-state index >= 15 is 0 Å². The minimum absolute atomic E-state index is 0. The normalized spacial score (nSPS) is 12.3. The number of aromatic nitrogens is 3. The summed E-state index contributed by atoms with van der Waals surface area (Å²) in [7, 11) is 0. The summed E-state index contributed by atoms with van der Waals surface area (Å²) in [5.74, 6) is 0.215. The van der Waals surface area contributed by atoms with E-state index < -0.39 is 0 Å². The second-order valence-corrected chi connectivity index (χ2v) is 8.95. The molecule has 0 fully saturated rings. The van der Waals surface area contributed by atoms with E-state index in [1.54, 1.807) is 12.1 Å². The van der Waals surface area contributed by atoms with Crippen molar-refractivity contribution in [1.82, 2.24) is 15.0 Å². The Morgan fingerprint density at radius 1 is 0.885 bits per heavy atom. The molecule has 26 heavy (non-hydrogen) atoms. The first-order chi connectivity index (χ1) is 11.5. The number of fused-ring (bicyclic) bond motifs is 1. The predicted molar refractivity (Wildman–Crippen MR) is 110 cm³/mol. The SMILES string of the molecule is C.CC(C)(C)c1cc(-n2nc3ccc(Cl)cc3n2)c(O)c(C(C)(C)C)c1. The van der Waals surface area contributed by atoms with Gasteiger partial charge in [-0.2, -0.15) is 0 Å². The van der Waals surface area contributed by atoms with E-state index in [9.17, 15) is 5.11 Å². The summed E-state index contributed by atoms with van der Waals surface area (Å²) in [6, 6.07) is 9.44. The van der Waals surface area contributed by atoms with Crippen molar-refractivity contribution in [1.29, 1.82) is 0 Å². The number of aromatic hydroxyl groups is 1. The quantitative estimate of drug-likeness (QED) is 0.568. The predicted octanol–water partition coefficient (Wildman–Crippen LogP) is 6.01. The van der Waals surface area contributed by atoms with Gasteiger partial charge in [0.1, 0.15) is 22.5 Å². The minimum atomic E-state index is -0.198. The van der Waals surface area contributed by atoms with Crippen LogP contribution in [0.15, 0.2) is 30.3 Å². The Kier molecular flexibility index (Phi) is 5.13. The third kappa shape index (κ3) is 3.70. The van der Waals surface area contributed by atoms with Gasteiger partial charge in [-0.3, -0.25) is 0 Å². The number of hydrogen-bond donors (Lipinski definition) is 1. The molecule has 0 radical (unpaired) electrons. The molecule has 5 heteroatoms. The third-order valence-corrected chi connectivity index (χ3v) is 4.56. The summed E-state index contributed by atoms with van der Waals surface area (Å²) in [5.41, 5.74) is 3.78. The van der Waals surface area contributed by atoms with Crippen LogP contribution in [-0.2, 0) is 10.8 Å². The molecule has 2 aromatic carbocycles. The smallest absolute Gasteiger partial charge is 0.146 e. The van der Waals surface area contributed by atoms with Gasteiger partial charge in [0.15, 0.2) is 0 Å². The zero-order valence-electron chi connectivity index (χ0n) is 15.6. The molecule has 1 heterocycles. The first-order valence-electron chi connectivity index (χ1n) is 8.38. The molecule has 0 amide bonds. The first-order valence-corrected chi connectivity index (χ1v) is 8.75. The Hall–Kier alpha value is -2.07. The molecule has 0 spiro atoms. The zero-order chi connectivity index (χ0) is 18.6. The van der Waals surface area contributed by atoms with Crippen LogP contribution in [0.1, 0.15) is 60.1 Å². The van der Waals surface area contributed by atoms with Crippen molar-refractivity contribution in [2.75, 3.05) is 0 Å². The summed E-state index contributed by atoms with van der Waals surface area (Å²) in [6.07, 6.45) is 0. The van der Waals surface area contributed by atoms with E-state index in [4.69, 9.17) is 11.6 Å². The second kappa shape index (κ2) is 6.58. The van der Waals surface area contributed by atoms with E-state index in [1.807, 2.05) is 12.1 Å². The highest BCUT2D eigenvalue weighted by Gasteiger charge is 2.26. The van der Waals surface area contributed by atoms with E-state index in [-0.39, 0.29) is 24.0 Å². The molecule has 3 rings (SSSR count). The van der Waals surface area contributed by atoms with Gasteiger partial charge in [0, 0.05) is 10.6 Å². The summed E-state index contributed by atoms with van der Waals surface area (Å²) in [6.45, 7) is 12.7. The molecule has 0 aliphatic heterocycles. The summed E-state index contributed by atoms with van der Waals surface area (Å²) >= 11 is 6.05. The number of benzene rings is 2.